The number of nitriles is 1. The third-order valence-corrected chi connectivity index (χ3v) is 6.46. The average molecular weight is 404 g/mol. The Morgan fingerprint density at radius 1 is 0.900 bits per heavy atom. The Balaban J connectivity index is 1.54. The fourth-order valence-corrected chi connectivity index (χ4v) is 4.52. The first-order valence-electron chi connectivity index (χ1n) is 12.1. The molecular weight excluding hydrogens is 366 g/mol. The van der Waals surface area contributed by atoms with Crippen LogP contribution in [0.4, 0.5) is 0 Å². The highest BCUT2D eigenvalue weighted by atomic mass is 16.5. The highest BCUT2D eigenvalue weighted by molar-refractivity contribution is 5.67. The highest BCUT2D eigenvalue weighted by Gasteiger charge is 2.13. The van der Waals surface area contributed by atoms with Crippen molar-refractivity contribution in [1.29, 1.82) is 5.26 Å². The fourth-order valence-electron chi connectivity index (χ4n) is 4.52. The summed E-state index contributed by atoms with van der Waals surface area (Å²) in [6, 6.07) is 17.2. The van der Waals surface area contributed by atoms with Gasteiger partial charge >= 0.3 is 0 Å². The summed E-state index contributed by atoms with van der Waals surface area (Å²) < 4.78 is 5.89. The van der Waals surface area contributed by atoms with Gasteiger partial charge in [-0.25, -0.2) is 0 Å². The van der Waals surface area contributed by atoms with Crippen LogP contribution in [-0.4, -0.2) is 6.61 Å². The molecule has 1 aliphatic rings. The maximum Gasteiger partial charge on any atom is 0.137 e. The van der Waals surface area contributed by atoms with E-state index in [4.69, 9.17) is 4.74 Å². The molecule has 1 fully saturated rings. The van der Waals surface area contributed by atoms with Gasteiger partial charge in [0.05, 0.1) is 12.2 Å². The Kier molecular flexibility index (Phi) is 9.29. The lowest BCUT2D eigenvalue weighted by Gasteiger charge is -2.21. The van der Waals surface area contributed by atoms with Gasteiger partial charge in [0.2, 0.25) is 0 Å². The van der Waals surface area contributed by atoms with Crippen LogP contribution in [0.15, 0.2) is 42.5 Å². The molecule has 0 atom stereocenters. The van der Waals surface area contributed by atoms with Gasteiger partial charge in [0.15, 0.2) is 0 Å². The number of benzene rings is 2. The van der Waals surface area contributed by atoms with Crippen molar-refractivity contribution >= 4 is 0 Å². The van der Waals surface area contributed by atoms with Gasteiger partial charge in [-0.1, -0.05) is 95.0 Å². The van der Waals surface area contributed by atoms with Gasteiger partial charge in [0.1, 0.15) is 11.8 Å². The first-order chi connectivity index (χ1) is 14.8. The van der Waals surface area contributed by atoms with Crippen LogP contribution in [0.3, 0.4) is 0 Å². The molecule has 3 rings (SSSR count). The van der Waals surface area contributed by atoms with Gasteiger partial charge in [0.25, 0.3) is 0 Å². The summed E-state index contributed by atoms with van der Waals surface area (Å²) in [7, 11) is 0. The van der Waals surface area contributed by atoms with Gasteiger partial charge in [-0.3, -0.25) is 0 Å². The minimum atomic E-state index is 0.627. The summed E-state index contributed by atoms with van der Waals surface area (Å²) in [4.78, 5) is 0. The number of hydrogen-bond donors (Lipinski definition) is 0. The average Bonchev–Trinajstić information content (AvgIpc) is 2.81. The molecule has 0 amide bonds. The van der Waals surface area contributed by atoms with Crippen molar-refractivity contribution in [3.05, 3.63) is 53.6 Å². The largest absolute Gasteiger partial charge is 0.492 e. The SMILES string of the molecule is CCCCCCCOc1ccc(-c2ccc(CCC3CCCCC3)cc2)cc1C#N. The molecule has 1 saturated carbocycles. The van der Waals surface area contributed by atoms with Crippen LogP contribution in [-0.2, 0) is 6.42 Å². The van der Waals surface area contributed by atoms with Gasteiger partial charge in [0, 0.05) is 0 Å². The number of nitrogens with zero attached hydrogens (tertiary/aromatic N) is 1. The second kappa shape index (κ2) is 12.4. The lowest BCUT2D eigenvalue weighted by molar-refractivity contribution is 0.304. The van der Waals surface area contributed by atoms with Crippen LogP contribution in [0.2, 0.25) is 0 Å². The summed E-state index contributed by atoms with van der Waals surface area (Å²) in [5, 5.41) is 9.57. The van der Waals surface area contributed by atoms with E-state index in [1.807, 2.05) is 12.1 Å². The molecular formula is C28H37NO. The van der Waals surface area contributed by atoms with E-state index in [0.717, 1.165) is 17.9 Å². The van der Waals surface area contributed by atoms with Crippen molar-refractivity contribution in [1.82, 2.24) is 0 Å². The number of aryl methyl sites for hydroxylation is 1. The topological polar surface area (TPSA) is 33.0 Å². The zero-order valence-electron chi connectivity index (χ0n) is 18.7. The van der Waals surface area contributed by atoms with Gasteiger partial charge in [-0.15, -0.1) is 0 Å². The molecule has 0 saturated heterocycles. The molecule has 2 nitrogen and oxygen atoms in total. The van der Waals surface area contributed by atoms with E-state index in [-0.39, 0.29) is 0 Å². The maximum atomic E-state index is 9.57. The molecule has 0 aliphatic heterocycles. The lowest BCUT2D eigenvalue weighted by Crippen LogP contribution is -2.07. The number of hydrogen-bond acceptors (Lipinski definition) is 2. The minimum absolute atomic E-state index is 0.627. The van der Waals surface area contributed by atoms with Crippen molar-refractivity contribution in [2.45, 2.75) is 84.0 Å². The van der Waals surface area contributed by atoms with Crippen LogP contribution < -0.4 is 4.74 Å². The molecule has 0 unspecified atom stereocenters. The van der Waals surface area contributed by atoms with Gasteiger partial charge < -0.3 is 4.74 Å². The van der Waals surface area contributed by atoms with E-state index in [9.17, 15) is 5.26 Å². The summed E-state index contributed by atoms with van der Waals surface area (Å²) in [6.45, 7) is 2.91. The molecule has 1 aliphatic carbocycles. The maximum absolute atomic E-state index is 9.57. The molecule has 0 radical (unpaired) electrons. The van der Waals surface area contributed by atoms with Crippen LogP contribution in [0, 0.1) is 17.2 Å². The van der Waals surface area contributed by atoms with Crippen LogP contribution in [0.1, 0.15) is 88.7 Å². The van der Waals surface area contributed by atoms with E-state index in [1.165, 1.54) is 81.8 Å². The van der Waals surface area contributed by atoms with Crippen LogP contribution >= 0.6 is 0 Å². The Hall–Kier alpha value is -2.27. The van der Waals surface area contributed by atoms with Crippen molar-refractivity contribution in [3.8, 4) is 22.9 Å². The highest BCUT2D eigenvalue weighted by Crippen LogP contribution is 2.29. The second-order valence-electron chi connectivity index (χ2n) is 8.83. The number of ether oxygens (including phenoxy) is 1. The molecule has 2 aromatic rings. The zero-order chi connectivity index (χ0) is 21.0. The summed E-state index contributed by atoms with van der Waals surface area (Å²) >= 11 is 0. The van der Waals surface area contributed by atoms with E-state index in [1.54, 1.807) is 0 Å². The van der Waals surface area contributed by atoms with Crippen molar-refractivity contribution < 1.29 is 4.74 Å². The lowest BCUT2D eigenvalue weighted by atomic mass is 9.85. The molecule has 2 heteroatoms. The van der Waals surface area contributed by atoms with Crippen molar-refractivity contribution in [2.24, 2.45) is 5.92 Å². The summed E-state index contributed by atoms with van der Waals surface area (Å²) in [6.07, 6.45) is 15.7. The molecule has 0 spiro atoms. The monoisotopic (exact) mass is 403 g/mol. The normalized spacial score (nSPS) is 14.4. The predicted molar refractivity (Wildman–Crippen MR) is 126 cm³/mol. The fraction of sp³-hybridized carbons (Fsp3) is 0.536. The van der Waals surface area contributed by atoms with Crippen molar-refractivity contribution in [3.63, 3.8) is 0 Å². The van der Waals surface area contributed by atoms with Crippen molar-refractivity contribution in [2.75, 3.05) is 6.61 Å². The van der Waals surface area contributed by atoms with Crippen LogP contribution in [0.25, 0.3) is 11.1 Å². The van der Waals surface area contributed by atoms with E-state index < -0.39 is 0 Å². The summed E-state index contributed by atoms with van der Waals surface area (Å²) in [5.74, 6) is 1.64. The first-order valence-corrected chi connectivity index (χ1v) is 12.1. The molecule has 30 heavy (non-hydrogen) atoms. The second-order valence-corrected chi connectivity index (χ2v) is 8.83. The third-order valence-electron chi connectivity index (χ3n) is 6.46. The van der Waals surface area contributed by atoms with E-state index in [2.05, 4.69) is 43.3 Å². The Morgan fingerprint density at radius 2 is 1.63 bits per heavy atom. The number of rotatable bonds is 11. The molecule has 0 aromatic heterocycles. The van der Waals surface area contributed by atoms with E-state index >= 15 is 0 Å². The Morgan fingerprint density at radius 3 is 2.37 bits per heavy atom. The quantitative estimate of drug-likeness (QED) is 0.355. The summed E-state index contributed by atoms with van der Waals surface area (Å²) in [5.41, 5.74) is 4.30. The number of unbranched alkanes of at least 4 members (excludes halogenated alkanes) is 4. The Bertz CT molecular complexity index is 796. The predicted octanol–water partition coefficient (Wildman–Crippen LogP) is 8.09. The smallest absolute Gasteiger partial charge is 0.137 e. The molecule has 0 bridgehead atoms. The van der Waals surface area contributed by atoms with E-state index in [0.29, 0.717) is 17.9 Å². The standard InChI is InChI=1S/C28H37NO/c1-2-3-4-5-9-20-30-28-19-18-26(21-27(28)22-29)25-16-14-24(15-17-25)13-12-23-10-7-6-8-11-23/h14-19,21,23H,2-13,20H2,1H3. The van der Waals surface area contributed by atoms with Gasteiger partial charge in [-0.2, -0.15) is 5.26 Å². The Labute approximate surface area is 183 Å². The van der Waals surface area contributed by atoms with Crippen LogP contribution in [0.5, 0.6) is 5.75 Å². The van der Waals surface area contributed by atoms with Gasteiger partial charge in [-0.05, 0) is 54.0 Å². The molecule has 0 heterocycles. The first kappa shape index (κ1) is 22.4. The molecule has 0 N–H and O–H groups in total. The minimum Gasteiger partial charge on any atom is -0.492 e. The zero-order valence-corrected chi connectivity index (χ0v) is 18.7. The third kappa shape index (κ3) is 6.91. The molecule has 2 aromatic carbocycles. The molecule has 160 valence electrons.